The van der Waals surface area contributed by atoms with Crippen molar-refractivity contribution in [2.75, 3.05) is 0 Å². The predicted octanol–water partition coefficient (Wildman–Crippen LogP) is 3.46. The fraction of sp³-hybridized carbons (Fsp3) is 0.200. The van der Waals surface area contributed by atoms with Gasteiger partial charge in [-0.2, -0.15) is 0 Å². The SMILES string of the molecule is O=P(O)(O)Sc1cc(O)ccc1CCCc1ccc(O)cc1. The Balaban J connectivity index is 2.02. The van der Waals surface area contributed by atoms with Gasteiger partial charge in [0.2, 0.25) is 0 Å². The van der Waals surface area contributed by atoms with E-state index in [-0.39, 0.29) is 11.5 Å². The van der Waals surface area contributed by atoms with Crippen molar-refractivity contribution < 1.29 is 24.6 Å². The van der Waals surface area contributed by atoms with Crippen molar-refractivity contribution in [2.24, 2.45) is 0 Å². The van der Waals surface area contributed by atoms with Gasteiger partial charge in [0.25, 0.3) is 0 Å². The molecule has 0 bridgehead atoms. The molecule has 0 saturated heterocycles. The highest BCUT2D eigenvalue weighted by Crippen LogP contribution is 2.55. The lowest BCUT2D eigenvalue weighted by atomic mass is 10.0. The van der Waals surface area contributed by atoms with E-state index in [4.69, 9.17) is 9.79 Å². The summed E-state index contributed by atoms with van der Waals surface area (Å²) < 4.78 is 11.1. The highest BCUT2D eigenvalue weighted by atomic mass is 32.7. The van der Waals surface area contributed by atoms with Crippen molar-refractivity contribution in [1.82, 2.24) is 0 Å². The fourth-order valence-corrected chi connectivity index (χ4v) is 4.10. The molecule has 0 aliphatic carbocycles. The highest BCUT2D eigenvalue weighted by molar-refractivity contribution is 8.54. The molecule has 4 N–H and O–H groups in total. The molecule has 0 fully saturated rings. The first-order valence-corrected chi connectivity index (χ1v) is 9.72. The van der Waals surface area contributed by atoms with Gasteiger partial charge in [-0.25, -0.2) is 4.57 Å². The first-order chi connectivity index (χ1) is 10.3. The highest BCUT2D eigenvalue weighted by Gasteiger charge is 2.18. The lowest BCUT2D eigenvalue weighted by Gasteiger charge is -2.10. The molecule has 0 atom stereocenters. The van der Waals surface area contributed by atoms with E-state index in [1.54, 1.807) is 18.2 Å². The Bertz CT molecular complexity index is 681. The monoisotopic (exact) mass is 340 g/mol. The molecule has 2 aromatic carbocycles. The van der Waals surface area contributed by atoms with Crippen LogP contribution in [-0.2, 0) is 17.4 Å². The van der Waals surface area contributed by atoms with Crippen LogP contribution in [0.3, 0.4) is 0 Å². The number of benzene rings is 2. The van der Waals surface area contributed by atoms with E-state index in [0.29, 0.717) is 22.7 Å². The van der Waals surface area contributed by atoms with Crippen molar-refractivity contribution in [2.45, 2.75) is 24.2 Å². The summed E-state index contributed by atoms with van der Waals surface area (Å²) in [5, 5.41) is 18.7. The quantitative estimate of drug-likeness (QED) is 0.601. The first-order valence-electron chi connectivity index (χ1n) is 6.68. The van der Waals surface area contributed by atoms with Gasteiger partial charge in [0.1, 0.15) is 11.5 Å². The Morgan fingerprint density at radius 1 is 0.909 bits per heavy atom. The average Bonchev–Trinajstić information content (AvgIpc) is 2.41. The van der Waals surface area contributed by atoms with Crippen molar-refractivity contribution in [3.63, 3.8) is 0 Å². The van der Waals surface area contributed by atoms with Gasteiger partial charge >= 0.3 is 6.80 Å². The number of rotatable bonds is 6. The van der Waals surface area contributed by atoms with Gasteiger partial charge in [0, 0.05) is 4.90 Å². The summed E-state index contributed by atoms with van der Waals surface area (Å²) in [7, 11) is 0. The second-order valence-electron chi connectivity index (χ2n) is 4.89. The van der Waals surface area contributed by atoms with Crippen LogP contribution in [0.5, 0.6) is 11.5 Å². The van der Waals surface area contributed by atoms with Crippen LogP contribution in [0, 0.1) is 0 Å². The second kappa shape index (κ2) is 7.20. The number of phenolic OH excluding ortho intramolecular Hbond substituents is 2. The average molecular weight is 340 g/mol. The van der Waals surface area contributed by atoms with E-state index in [9.17, 15) is 14.8 Å². The molecule has 0 amide bonds. The van der Waals surface area contributed by atoms with Crippen LogP contribution in [0.1, 0.15) is 17.5 Å². The molecule has 2 aromatic rings. The molecule has 0 spiro atoms. The Kier molecular flexibility index (Phi) is 5.53. The Morgan fingerprint density at radius 2 is 1.55 bits per heavy atom. The fourth-order valence-electron chi connectivity index (χ4n) is 2.11. The van der Waals surface area contributed by atoms with Crippen LogP contribution >= 0.6 is 18.2 Å². The summed E-state index contributed by atoms with van der Waals surface area (Å²) >= 11 is 0.463. The molecule has 2 rings (SSSR count). The summed E-state index contributed by atoms with van der Waals surface area (Å²) in [6, 6.07) is 11.5. The zero-order valence-electron chi connectivity index (χ0n) is 11.7. The lowest BCUT2D eigenvalue weighted by molar-refractivity contribution is 0.397. The molecule has 0 aliphatic heterocycles. The van der Waals surface area contributed by atoms with Crippen molar-refractivity contribution >= 4 is 18.2 Å². The van der Waals surface area contributed by atoms with Crippen LogP contribution in [0.25, 0.3) is 0 Å². The summed E-state index contributed by atoms with van der Waals surface area (Å²) in [6.45, 7) is -4.25. The van der Waals surface area contributed by atoms with Gasteiger partial charge in [-0.05, 0) is 66.0 Å². The zero-order chi connectivity index (χ0) is 16.2. The summed E-state index contributed by atoms with van der Waals surface area (Å²) in [5.74, 6) is 0.209. The Morgan fingerprint density at radius 3 is 2.18 bits per heavy atom. The maximum Gasteiger partial charge on any atom is 0.388 e. The zero-order valence-corrected chi connectivity index (χ0v) is 13.4. The topological polar surface area (TPSA) is 98.0 Å². The molecule has 0 unspecified atom stereocenters. The molecule has 0 aromatic heterocycles. The van der Waals surface area contributed by atoms with E-state index < -0.39 is 6.80 Å². The molecule has 118 valence electrons. The largest absolute Gasteiger partial charge is 0.508 e. The van der Waals surface area contributed by atoms with Crippen molar-refractivity contribution in [1.29, 1.82) is 0 Å². The van der Waals surface area contributed by atoms with E-state index in [1.807, 2.05) is 12.1 Å². The van der Waals surface area contributed by atoms with Gasteiger partial charge in [0.15, 0.2) is 0 Å². The number of hydrogen-bond acceptors (Lipinski definition) is 4. The Hall–Kier alpha value is -1.46. The summed E-state index contributed by atoms with van der Waals surface area (Å²) in [4.78, 5) is 18.6. The van der Waals surface area contributed by atoms with Crippen molar-refractivity contribution in [3.8, 4) is 11.5 Å². The van der Waals surface area contributed by atoms with E-state index in [0.717, 1.165) is 24.0 Å². The smallest absolute Gasteiger partial charge is 0.388 e. The van der Waals surface area contributed by atoms with Gasteiger partial charge in [-0.3, -0.25) is 0 Å². The summed E-state index contributed by atoms with van der Waals surface area (Å²) in [5.41, 5.74) is 1.88. The number of phenols is 2. The van der Waals surface area contributed by atoms with Crippen molar-refractivity contribution in [3.05, 3.63) is 53.6 Å². The normalized spacial score (nSPS) is 11.5. The van der Waals surface area contributed by atoms with E-state index in [2.05, 4.69) is 0 Å². The van der Waals surface area contributed by atoms with Gasteiger partial charge in [0.05, 0.1) is 0 Å². The third kappa shape index (κ3) is 5.39. The molecular formula is C15H17O5PS. The minimum atomic E-state index is -4.25. The molecule has 0 heterocycles. The molecule has 7 heteroatoms. The first kappa shape index (κ1) is 16.9. The number of hydrogen-bond donors (Lipinski definition) is 4. The van der Waals surface area contributed by atoms with Gasteiger partial charge in [-0.1, -0.05) is 18.2 Å². The van der Waals surface area contributed by atoms with Crippen LogP contribution in [0.4, 0.5) is 0 Å². The van der Waals surface area contributed by atoms with Gasteiger partial charge in [-0.15, -0.1) is 0 Å². The molecule has 0 aliphatic rings. The second-order valence-corrected chi connectivity index (χ2v) is 8.47. The van der Waals surface area contributed by atoms with Crippen LogP contribution in [0.2, 0.25) is 0 Å². The lowest BCUT2D eigenvalue weighted by Crippen LogP contribution is -1.92. The summed E-state index contributed by atoms with van der Waals surface area (Å²) in [6.07, 6.45) is 2.23. The number of aryl methyl sites for hydroxylation is 2. The third-order valence-corrected chi connectivity index (χ3v) is 5.23. The minimum Gasteiger partial charge on any atom is -0.508 e. The Labute approximate surface area is 132 Å². The predicted molar refractivity (Wildman–Crippen MR) is 86.1 cm³/mol. The maximum atomic E-state index is 11.1. The van der Waals surface area contributed by atoms with Crippen LogP contribution < -0.4 is 0 Å². The molecule has 22 heavy (non-hydrogen) atoms. The third-order valence-electron chi connectivity index (χ3n) is 3.12. The standard InChI is InChI=1S/C15H17O5PS/c16-13-7-4-11(5-8-13)2-1-3-12-6-9-14(17)10-15(12)22-21(18,19)20/h4-10,16-17H,1-3H2,(H2,18,19,20). The van der Waals surface area contributed by atoms with Crippen LogP contribution in [0.15, 0.2) is 47.4 Å². The molecule has 5 nitrogen and oxygen atoms in total. The van der Waals surface area contributed by atoms with Gasteiger partial charge < -0.3 is 20.0 Å². The van der Waals surface area contributed by atoms with E-state index >= 15 is 0 Å². The number of aromatic hydroxyl groups is 2. The molecule has 0 radical (unpaired) electrons. The van der Waals surface area contributed by atoms with E-state index in [1.165, 1.54) is 12.1 Å². The molecular weight excluding hydrogens is 323 g/mol. The van der Waals surface area contributed by atoms with Crippen LogP contribution in [-0.4, -0.2) is 20.0 Å². The maximum absolute atomic E-state index is 11.1. The minimum absolute atomic E-state index is 0.0155. The molecule has 0 saturated carbocycles.